The van der Waals surface area contributed by atoms with E-state index in [1.54, 1.807) is 17.2 Å². The third-order valence-corrected chi connectivity index (χ3v) is 5.12. The standard InChI is InChI=1S/C20H24N6O/c1-14-3-5-16(6-4-14)24-18(27)12-26-20-17(11-23-26)19(21-13-22-20)25-9-7-15(2)8-10-25/h3-6,11,13,15H,7-10,12H2,1-2H3,(H,24,27). The summed E-state index contributed by atoms with van der Waals surface area (Å²) in [4.78, 5) is 23.6. The van der Waals surface area contributed by atoms with Crippen LogP contribution in [0.4, 0.5) is 11.5 Å². The van der Waals surface area contributed by atoms with Crippen molar-refractivity contribution in [3.63, 3.8) is 0 Å². The van der Waals surface area contributed by atoms with E-state index in [-0.39, 0.29) is 12.5 Å². The summed E-state index contributed by atoms with van der Waals surface area (Å²) in [5, 5.41) is 8.19. The first-order valence-corrected chi connectivity index (χ1v) is 9.38. The Morgan fingerprint density at radius 1 is 1.19 bits per heavy atom. The lowest BCUT2D eigenvalue weighted by atomic mass is 9.99. The number of piperidine rings is 1. The van der Waals surface area contributed by atoms with Crippen molar-refractivity contribution in [3.05, 3.63) is 42.4 Å². The number of nitrogens with zero attached hydrogens (tertiary/aromatic N) is 5. The average molecular weight is 364 g/mol. The molecule has 3 heterocycles. The lowest BCUT2D eigenvalue weighted by molar-refractivity contribution is -0.116. The Morgan fingerprint density at radius 3 is 2.67 bits per heavy atom. The zero-order valence-electron chi connectivity index (χ0n) is 15.7. The summed E-state index contributed by atoms with van der Waals surface area (Å²) in [6.45, 7) is 6.41. The maximum Gasteiger partial charge on any atom is 0.246 e. The fraction of sp³-hybridized carbons (Fsp3) is 0.400. The van der Waals surface area contributed by atoms with E-state index in [0.29, 0.717) is 5.65 Å². The second-order valence-electron chi connectivity index (χ2n) is 7.32. The van der Waals surface area contributed by atoms with E-state index in [0.717, 1.165) is 41.5 Å². The van der Waals surface area contributed by atoms with Crippen molar-refractivity contribution in [2.75, 3.05) is 23.3 Å². The molecule has 1 aliphatic heterocycles. The number of benzene rings is 1. The molecule has 1 aromatic carbocycles. The molecule has 0 bridgehead atoms. The van der Waals surface area contributed by atoms with E-state index in [1.165, 1.54) is 12.8 Å². The molecule has 0 spiro atoms. The summed E-state index contributed by atoms with van der Waals surface area (Å²) in [6.07, 6.45) is 5.66. The minimum Gasteiger partial charge on any atom is -0.356 e. The number of nitrogens with one attached hydrogen (secondary N) is 1. The monoisotopic (exact) mass is 364 g/mol. The first-order valence-electron chi connectivity index (χ1n) is 9.38. The van der Waals surface area contributed by atoms with Gasteiger partial charge in [0.2, 0.25) is 5.91 Å². The van der Waals surface area contributed by atoms with Gasteiger partial charge in [0, 0.05) is 18.8 Å². The van der Waals surface area contributed by atoms with Crippen LogP contribution in [0.15, 0.2) is 36.8 Å². The fourth-order valence-electron chi connectivity index (χ4n) is 3.44. The highest BCUT2D eigenvalue weighted by atomic mass is 16.2. The molecule has 0 unspecified atom stereocenters. The van der Waals surface area contributed by atoms with Gasteiger partial charge in [0.25, 0.3) is 0 Å². The Hall–Kier alpha value is -2.96. The molecule has 140 valence electrons. The molecule has 4 rings (SSSR count). The van der Waals surface area contributed by atoms with Crippen molar-refractivity contribution in [1.29, 1.82) is 0 Å². The Morgan fingerprint density at radius 2 is 1.93 bits per heavy atom. The molecule has 1 aliphatic rings. The van der Waals surface area contributed by atoms with Crippen molar-refractivity contribution in [2.45, 2.75) is 33.2 Å². The summed E-state index contributed by atoms with van der Waals surface area (Å²) in [6, 6.07) is 7.73. The van der Waals surface area contributed by atoms with Crippen LogP contribution in [0.5, 0.6) is 0 Å². The topological polar surface area (TPSA) is 75.9 Å². The number of anilines is 2. The number of fused-ring (bicyclic) bond motifs is 1. The smallest absolute Gasteiger partial charge is 0.246 e. The summed E-state index contributed by atoms with van der Waals surface area (Å²) in [5.74, 6) is 1.54. The Bertz CT molecular complexity index is 941. The van der Waals surface area contributed by atoms with Gasteiger partial charge >= 0.3 is 0 Å². The summed E-state index contributed by atoms with van der Waals surface area (Å²) < 4.78 is 1.64. The molecule has 0 radical (unpaired) electrons. The number of carbonyl (C=O) groups is 1. The molecule has 7 nitrogen and oxygen atoms in total. The lowest BCUT2D eigenvalue weighted by Gasteiger charge is -2.31. The van der Waals surface area contributed by atoms with Gasteiger partial charge in [-0.3, -0.25) is 4.79 Å². The zero-order valence-corrected chi connectivity index (χ0v) is 15.7. The molecule has 0 saturated carbocycles. The van der Waals surface area contributed by atoms with Gasteiger partial charge in [0.05, 0.1) is 11.6 Å². The zero-order chi connectivity index (χ0) is 18.8. The minimum absolute atomic E-state index is 0.116. The Balaban J connectivity index is 1.52. The minimum atomic E-state index is -0.129. The average Bonchev–Trinajstić information content (AvgIpc) is 3.07. The van der Waals surface area contributed by atoms with Gasteiger partial charge in [-0.05, 0) is 37.8 Å². The molecule has 7 heteroatoms. The SMILES string of the molecule is Cc1ccc(NC(=O)Cn2ncc3c(N4CCC(C)CC4)ncnc32)cc1. The quantitative estimate of drug-likeness (QED) is 0.770. The van der Waals surface area contributed by atoms with Gasteiger partial charge in [-0.2, -0.15) is 5.10 Å². The van der Waals surface area contributed by atoms with Crippen LogP contribution in [0.25, 0.3) is 11.0 Å². The highest BCUT2D eigenvalue weighted by Gasteiger charge is 2.21. The van der Waals surface area contributed by atoms with Crippen molar-refractivity contribution in [1.82, 2.24) is 19.7 Å². The van der Waals surface area contributed by atoms with E-state index in [1.807, 2.05) is 31.2 Å². The first kappa shape index (κ1) is 17.5. The van der Waals surface area contributed by atoms with Crippen LogP contribution in [-0.2, 0) is 11.3 Å². The molecular formula is C20H24N6O. The number of amides is 1. The maximum atomic E-state index is 12.4. The molecular weight excluding hydrogens is 340 g/mol. The van der Waals surface area contributed by atoms with Crippen LogP contribution in [0.3, 0.4) is 0 Å². The van der Waals surface area contributed by atoms with Crippen molar-refractivity contribution < 1.29 is 4.79 Å². The highest BCUT2D eigenvalue weighted by molar-refractivity contribution is 5.92. The number of hydrogen-bond acceptors (Lipinski definition) is 5. The van der Waals surface area contributed by atoms with Crippen LogP contribution >= 0.6 is 0 Å². The Labute approximate surface area is 158 Å². The summed E-state index contributed by atoms with van der Waals surface area (Å²) in [7, 11) is 0. The van der Waals surface area contributed by atoms with Crippen LogP contribution in [0.1, 0.15) is 25.3 Å². The van der Waals surface area contributed by atoms with Gasteiger partial charge in [-0.25, -0.2) is 14.6 Å². The molecule has 2 aromatic heterocycles. The van der Waals surface area contributed by atoms with Crippen LogP contribution in [0, 0.1) is 12.8 Å². The molecule has 27 heavy (non-hydrogen) atoms. The second kappa shape index (κ2) is 7.34. The van der Waals surface area contributed by atoms with Gasteiger partial charge < -0.3 is 10.2 Å². The van der Waals surface area contributed by atoms with Crippen molar-refractivity contribution in [2.24, 2.45) is 5.92 Å². The molecule has 1 amide bonds. The molecule has 0 aliphatic carbocycles. The number of aryl methyl sites for hydroxylation is 1. The van der Waals surface area contributed by atoms with Crippen molar-refractivity contribution in [3.8, 4) is 0 Å². The van der Waals surface area contributed by atoms with E-state index in [2.05, 4.69) is 32.2 Å². The molecule has 1 fully saturated rings. The number of aromatic nitrogens is 4. The van der Waals surface area contributed by atoms with Gasteiger partial charge in [0.1, 0.15) is 18.7 Å². The largest absolute Gasteiger partial charge is 0.356 e. The van der Waals surface area contributed by atoms with Gasteiger partial charge in [-0.15, -0.1) is 0 Å². The van der Waals surface area contributed by atoms with Crippen LogP contribution in [0.2, 0.25) is 0 Å². The van der Waals surface area contributed by atoms with Crippen LogP contribution in [-0.4, -0.2) is 38.7 Å². The number of rotatable bonds is 4. The normalized spacial score (nSPS) is 15.3. The highest BCUT2D eigenvalue weighted by Crippen LogP contribution is 2.27. The first-order chi connectivity index (χ1) is 13.1. The molecule has 1 N–H and O–H groups in total. The number of carbonyl (C=O) groups excluding carboxylic acids is 1. The van der Waals surface area contributed by atoms with Gasteiger partial charge in [-0.1, -0.05) is 24.6 Å². The van der Waals surface area contributed by atoms with E-state index >= 15 is 0 Å². The van der Waals surface area contributed by atoms with Crippen LogP contribution < -0.4 is 10.2 Å². The van der Waals surface area contributed by atoms with Gasteiger partial charge in [0.15, 0.2) is 5.65 Å². The van der Waals surface area contributed by atoms with Crippen molar-refractivity contribution >= 4 is 28.4 Å². The lowest BCUT2D eigenvalue weighted by Crippen LogP contribution is -2.33. The predicted molar refractivity (Wildman–Crippen MR) is 106 cm³/mol. The predicted octanol–water partition coefficient (Wildman–Crippen LogP) is 3.01. The van der Waals surface area contributed by atoms with E-state index in [9.17, 15) is 4.79 Å². The summed E-state index contributed by atoms with van der Waals surface area (Å²) in [5.41, 5.74) is 2.62. The third-order valence-electron chi connectivity index (χ3n) is 5.12. The fourth-order valence-corrected chi connectivity index (χ4v) is 3.44. The van der Waals surface area contributed by atoms with E-state index in [4.69, 9.17) is 0 Å². The molecule has 3 aromatic rings. The maximum absolute atomic E-state index is 12.4. The number of hydrogen-bond donors (Lipinski definition) is 1. The van der Waals surface area contributed by atoms with E-state index < -0.39 is 0 Å². The molecule has 0 atom stereocenters. The Kier molecular flexibility index (Phi) is 4.75. The molecule has 1 saturated heterocycles. The third kappa shape index (κ3) is 3.77. The second-order valence-corrected chi connectivity index (χ2v) is 7.32. The summed E-state index contributed by atoms with van der Waals surface area (Å²) >= 11 is 0.